The van der Waals surface area contributed by atoms with Crippen LogP contribution >= 0.6 is 0 Å². The van der Waals surface area contributed by atoms with Crippen LogP contribution in [0.5, 0.6) is 11.5 Å². The van der Waals surface area contributed by atoms with Gasteiger partial charge in [0.25, 0.3) is 0 Å². The molecule has 1 atom stereocenters. The van der Waals surface area contributed by atoms with Gasteiger partial charge in [-0.3, -0.25) is 0 Å². The fraction of sp³-hybridized carbons (Fsp3) is 0.294. The van der Waals surface area contributed by atoms with Crippen LogP contribution in [-0.2, 0) is 0 Å². The summed E-state index contributed by atoms with van der Waals surface area (Å²) in [6.45, 7) is 3.02. The van der Waals surface area contributed by atoms with Gasteiger partial charge in [-0.15, -0.1) is 0 Å². The van der Waals surface area contributed by atoms with E-state index in [0.717, 1.165) is 28.2 Å². The molecule has 4 heteroatoms. The molecule has 0 bridgehead atoms. The number of hydrogen-bond donors (Lipinski definition) is 1. The van der Waals surface area contributed by atoms with Crippen molar-refractivity contribution in [3.8, 4) is 11.5 Å². The van der Waals surface area contributed by atoms with Crippen LogP contribution in [0.3, 0.4) is 0 Å². The molecule has 0 fully saturated rings. The fourth-order valence-electron chi connectivity index (χ4n) is 2.77. The molecule has 2 aromatic carbocycles. The third kappa shape index (κ3) is 2.59. The Bertz CT molecular complexity index is 657. The first-order chi connectivity index (χ1) is 10.2. The van der Waals surface area contributed by atoms with E-state index in [2.05, 4.69) is 5.32 Å². The normalized spacial score (nSPS) is 14.8. The quantitative estimate of drug-likeness (QED) is 0.940. The molecule has 0 radical (unpaired) electrons. The zero-order valence-electron chi connectivity index (χ0n) is 12.2. The van der Waals surface area contributed by atoms with Gasteiger partial charge >= 0.3 is 0 Å². The Balaban J connectivity index is 2.08. The Morgan fingerprint density at radius 3 is 2.67 bits per heavy atom. The average Bonchev–Trinajstić information content (AvgIpc) is 2.50. The SMILES string of the molecule is CNC(c1ccc(F)cc1C)c1cccc2c1OCCO2. The Morgan fingerprint density at radius 1 is 1.10 bits per heavy atom. The van der Waals surface area contributed by atoms with Crippen LogP contribution in [0.1, 0.15) is 22.7 Å². The highest BCUT2D eigenvalue weighted by Gasteiger charge is 2.23. The van der Waals surface area contributed by atoms with Crippen molar-refractivity contribution in [2.24, 2.45) is 0 Å². The zero-order valence-corrected chi connectivity index (χ0v) is 12.2. The van der Waals surface area contributed by atoms with Crippen LogP contribution in [-0.4, -0.2) is 20.3 Å². The maximum Gasteiger partial charge on any atom is 0.166 e. The van der Waals surface area contributed by atoms with E-state index in [4.69, 9.17) is 9.47 Å². The van der Waals surface area contributed by atoms with Crippen molar-refractivity contribution in [2.45, 2.75) is 13.0 Å². The Labute approximate surface area is 123 Å². The van der Waals surface area contributed by atoms with E-state index in [0.29, 0.717) is 13.2 Å². The summed E-state index contributed by atoms with van der Waals surface area (Å²) in [7, 11) is 1.89. The first-order valence-electron chi connectivity index (χ1n) is 7.02. The summed E-state index contributed by atoms with van der Waals surface area (Å²) in [4.78, 5) is 0. The number of para-hydroxylation sites is 1. The molecule has 3 rings (SSSR count). The lowest BCUT2D eigenvalue weighted by Crippen LogP contribution is -2.22. The highest BCUT2D eigenvalue weighted by atomic mass is 19.1. The summed E-state index contributed by atoms with van der Waals surface area (Å²) < 4.78 is 24.7. The molecule has 1 N–H and O–H groups in total. The van der Waals surface area contributed by atoms with Crippen molar-refractivity contribution in [3.05, 3.63) is 58.9 Å². The zero-order chi connectivity index (χ0) is 14.8. The van der Waals surface area contributed by atoms with Crippen LogP contribution in [0.15, 0.2) is 36.4 Å². The maximum atomic E-state index is 13.3. The topological polar surface area (TPSA) is 30.5 Å². The molecule has 2 aromatic rings. The highest BCUT2D eigenvalue weighted by Crippen LogP contribution is 2.39. The molecule has 1 unspecified atom stereocenters. The molecule has 3 nitrogen and oxygen atoms in total. The van der Waals surface area contributed by atoms with Gasteiger partial charge in [0.1, 0.15) is 19.0 Å². The van der Waals surface area contributed by atoms with E-state index in [1.54, 1.807) is 6.07 Å². The average molecular weight is 287 g/mol. The van der Waals surface area contributed by atoms with Crippen molar-refractivity contribution in [1.82, 2.24) is 5.32 Å². The van der Waals surface area contributed by atoms with Crippen LogP contribution in [0.2, 0.25) is 0 Å². The summed E-state index contributed by atoms with van der Waals surface area (Å²) in [5.74, 6) is 1.31. The van der Waals surface area contributed by atoms with Crippen LogP contribution in [0.25, 0.3) is 0 Å². The number of aryl methyl sites for hydroxylation is 1. The van der Waals surface area contributed by atoms with E-state index in [-0.39, 0.29) is 11.9 Å². The molecule has 0 spiro atoms. The van der Waals surface area contributed by atoms with Crippen LogP contribution in [0.4, 0.5) is 4.39 Å². The third-order valence-corrected chi connectivity index (χ3v) is 3.74. The molecule has 1 aliphatic heterocycles. The third-order valence-electron chi connectivity index (χ3n) is 3.74. The predicted molar refractivity (Wildman–Crippen MR) is 79.5 cm³/mol. The second-order valence-corrected chi connectivity index (χ2v) is 5.09. The molecular formula is C17H18FNO2. The lowest BCUT2D eigenvalue weighted by Gasteiger charge is -2.26. The maximum absolute atomic E-state index is 13.3. The molecular weight excluding hydrogens is 269 g/mol. The number of hydrogen-bond acceptors (Lipinski definition) is 3. The summed E-state index contributed by atoms with van der Waals surface area (Å²) in [5.41, 5.74) is 2.94. The number of ether oxygens (including phenoxy) is 2. The second-order valence-electron chi connectivity index (χ2n) is 5.09. The molecule has 0 aliphatic carbocycles. The smallest absolute Gasteiger partial charge is 0.166 e. The standard InChI is InChI=1S/C17H18FNO2/c1-11-10-12(18)6-7-13(11)16(19-2)14-4-3-5-15-17(14)21-9-8-20-15/h3-7,10,16,19H,8-9H2,1-2H3. The first-order valence-corrected chi connectivity index (χ1v) is 7.02. The number of nitrogens with one attached hydrogen (secondary N) is 1. The minimum absolute atomic E-state index is 0.0674. The number of benzene rings is 2. The summed E-state index contributed by atoms with van der Waals surface area (Å²) in [6, 6.07) is 10.6. The van der Waals surface area contributed by atoms with Gasteiger partial charge < -0.3 is 14.8 Å². The Kier molecular flexibility index (Phi) is 3.80. The van der Waals surface area contributed by atoms with Gasteiger partial charge in [0.2, 0.25) is 0 Å². The molecule has 0 amide bonds. The number of halogens is 1. The molecule has 0 aromatic heterocycles. The van der Waals surface area contributed by atoms with Gasteiger partial charge in [0, 0.05) is 5.56 Å². The van der Waals surface area contributed by atoms with Gasteiger partial charge in [-0.05, 0) is 43.3 Å². The minimum atomic E-state index is -0.222. The van der Waals surface area contributed by atoms with Gasteiger partial charge in [0.05, 0.1) is 6.04 Å². The predicted octanol–water partition coefficient (Wildman–Crippen LogP) is 3.21. The van der Waals surface area contributed by atoms with Gasteiger partial charge in [-0.1, -0.05) is 18.2 Å². The van der Waals surface area contributed by atoms with Crippen molar-refractivity contribution in [2.75, 3.05) is 20.3 Å². The van der Waals surface area contributed by atoms with Crippen LogP contribution < -0.4 is 14.8 Å². The molecule has 110 valence electrons. The first kappa shape index (κ1) is 13.9. The molecule has 0 saturated heterocycles. The van der Waals surface area contributed by atoms with Gasteiger partial charge in [0.15, 0.2) is 11.5 Å². The second kappa shape index (κ2) is 5.74. The lowest BCUT2D eigenvalue weighted by molar-refractivity contribution is 0.169. The Hall–Kier alpha value is -2.07. The van der Waals surface area contributed by atoms with Crippen molar-refractivity contribution >= 4 is 0 Å². The van der Waals surface area contributed by atoms with Crippen molar-refractivity contribution < 1.29 is 13.9 Å². The number of fused-ring (bicyclic) bond motifs is 1. The summed E-state index contributed by atoms with van der Waals surface area (Å²) in [5, 5.41) is 3.29. The van der Waals surface area contributed by atoms with Crippen LogP contribution in [0, 0.1) is 12.7 Å². The highest BCUT2D eigenvalue weighted by molar-refractivity contribution is 5.52. The minimum Gasteiger partial charge on any atom is -0.486 e. The molecule has 21 heavy (non-hydrogen) atoms. The van der Waals surface area contributed by atoms with E-state index in [1.807, 2.05) is 38.2 Å². The van der Waals surface area contributed by atoms with Crippen molar-refractivity contribution in [3.63, 3.8) is 0 Å². The van der Waals surface area contributed by atoms with Crippen molar-refractivity contribution in [1.29, 1.82) is 0 Å². The summed E-state index contributed by atoms with van der Waals surface area (Å²) >= 11 is 0. The fourth-order valence-corrected chi connectivity index (χ4v) is 2.77. The monoisotopic (exact) mass is 287 g/mol. The Morgan fingerprint density at radius 2 is 1.90 bits per heavy atom. The molecule has 1 heterocycles. The van der Waals surface area contributed by atoms with Gasteiger partial charge in [-0.2, -0.15) is 0 Å². The molecule has 0 saturated carbocycles. The summed E-state index contributed by atoms with van der Waals surface area (Å²) in [6.07, 6.45) is 0. The van der Waals surface area contributed by atoms with E-state index < -0.39 is 0 Å². The van der Waals surface area contributed by atoms with Gasteiger partial charge in [-0.25, -0.2) is 4.39 Å². The van der Waals surface area contributed by atoms with E-state index >= 15 is 0 Å². The number of rotatable bonds is 3. The lowest BCUT2D eigenvalue weighted by atomic mass is 9.94. The van der Waals surface area contributed by atoms with E-state index in [1.165, 1.54) is 6.07 Å². The van der Waals surface area contributed by atoms with E-state index in [9.17, 15) is 4.39 Å². The molecule has 1 aliphatic rings. The largest absolute Gasteiger partial charge is 0.486 e.